The monoisotopic (exact) mass is 248 g/mol. The third kappa shape index (κ3) is 2.65. The van der Waals surface area contributed by atoms with Crippen LogP contribution in [0.4, 0.5) is 0 Å². The summed E-state index contributed by atoms with van der Waals surface area (Å²) in [4.78, 5) is 5.57. The molecule has 0 fully saturated rings. The van der Waals surface area contributed by atoms with Gasteiger partial charge in [-0.2, -0.15) is 0 Å². The minimum Gasteiger partial charge on any atom is -0.496 e. The molecule has 1 N–H and O–H groups in total. The Labute approximate surface area is 105 Å². The lowest BCUT2D eigenvalue weighted by Gasteiger charge is -2.05. The predicted octanol–water partition coefficient (Wildman–Crippen LogP) is 2.85. The standard InChI is InChI=1S/C13H16N2OS/c1-9-6-10(4-5-11(9)16-3)12-7-15-13(17-12)8-14-2/h4-7,14H,8H2,1-3H3. The summed E-state index contributed by atoms with van der Waals surface area (Å²) in [5.41, 5.74) is 2.34. The Balaban J connectivity index is 2.29. The van der Waals surface area contributed by atoms with Crippen LogP contribution in [0.3, 0.4) is 0 Å². The van der Waals surface area contributed by atoms with Gasteiger partial charge >= 0.3 is 0 Å². The Hall–Kier alpha value is -1.39. The molecule has 0 spiro atoms. The number of methoxy groups -OCH3 is 1. The molecule has 0 saturated heterocycles. The smallest absolute Gasteiger partial charge is 0.121 e. The number of nitrogens with zero attached hydrogens (tertiary/aromatic N) is 1. The van der Waals surface area contributed by atoms with Crippen LogP contribution < -0.4 is 10.1 Å². The molecule has 3 nitrogen and oxygen atoms in total. The van der Waals surface area contributed by atoms with E-state index in [0.717, 1.165) is 22.9 Å². The number of hydrogen-bond acceptors (Lipinski definition) is 4. The predicted molar refractivity (Wildman–Crippen MR) is 71.6 cm³/mol. The highest BCUT2D eigenvalue weighted by Crippen LogP contribution is 2.29. The molecule has 0 radical (unpaired) electrons. The highest BCUT2D eigenvalue weighted by molar-refractivity contribution is 7.15. The van der Waals surface area contributed by atoms with Crippen LogP contribution in [0.15, 0.2) is 24.4 Å². The van der Waals surface area contributed by atoms with Crippen molar-refractivity contribution in [3.63, 3.8) is 0 Å². The lowest BCUT2D eigenvalue weighted by atomic mass is 10.1. The summed E-state index contributed by atoms with van der Waals surface area (Å²) in [5, 5.41) is 4.21. The van der Waals surface area contributed by atoms with Gasteiger partial charge in [0.2, 0.25) is 0 Å². The second-order valence-corrected chi connectivity index (χ2v) is 4.95. The first kappa shape index (κ1) is 12.1. The summed E-state index contributed by atoms with van der Waals surface area (Å²) in [6.07, 6.45) is 1.93. The molecule has 0 saturated carbocycles. The average molecular weight is 248 g/mol. The zero-order valence-corrected chi connectivity index (χ0v) is 11.1. The normalized spacial score (nSPS) is 10.5. The van der Waals surface area contributed by atoms with Crippen LogP contribution in [0.2, 0.25) is 0 Å². The van der Waals surface area contributed by atoms with Crippen LogP contribution in [0.5, 0.6) is 5.75 Å². The van der Waals surface area contributed by atoms with Crippen molar-refractivity contribution >= 4 is 11.3 Å². The van der Waals surface area contributed by atoms with Gasteiger partial charge in [0.1, 0.15) is 10.8 Å². The molecule has 0 bridgehead atoms. The van der Waals surface area contributed by atoms with Crippen LogP contribution in [0.1, 0.15) is 10.6 Å². The number of aromatic nitrogens is 1. The third-order valence-electron chi connectivity index (χ3n) is 2.56. The lowest BCUT2D eigenvalue weighted by Crippen LogP contribution is -2.03. The topological polar surface area (TPSA) is 34.2 Å². The van der Waals surface area contributed by atoms with Crippen molar-refractivity contribution < 1.29 is 4.74 Å². The quantitative estimate of drug-likeness (QED) is 0.903. The van der Waals surface area contributed by atoms with E-state index < -0.39 is 0 Å². The second kappa shape index (κ2) is 5.29. The molecule has 90 valence electrons. The highest BCUT2D eigenvalue weighted by atomic mass is 32.1. The molecule has 0 atom stereocenters. The van der Waals surface area contributed by atoms with E-state index in [4.69, 9.17) is 4.74 Å². The van der Waals surface area contributed by atoms with Gasteiger partial charge in [-0.3, -0.25) is 0 Å². The second-order valence-electron chi connectivity index (χ2n) is 3.83. The van der Waals surface area contributed by atoms with Gasteiger partial charge in [-0.05, 0) is 43.3 Å². The SMILES string of the molecule is CNCc1ncc(-c2ccc(OC)c(C)c2)s1. The number of thiazole rings is 1. The lowest BCUT2D eigenvalue weighted by molar-refractivity contribution is 0.412. The Bertz CT molecular complexity index is 508. The Kier molecular flexibility index (Phi) is 3.76. The van der Waals surface area contributed by atoms with E-state index in [2.05, 4.69) is 29.4 Å². The molecule has 17 heavy (non-hydrogen) atoms. The van der Waals surface area contributed by atoms with Crippen molar-refractivity contribution in [2.24, 2.45) is 0 Å². The molecule has 2 aromatic rings. The first-order chi connectivity index (χ1) is 8.24. The average Bonchev–Trinajstić information content (AvgIpc) is 2.78. The number of nitrogens with one attached hydrogen (secondary N) is 1. The number of hydrogen-bond donors (Lipinski definition) is 1. The zero-order valence-electron chi connectivity index (χ0n) is 10.3. The van der Waals surface area contributed by atoms with Gasteiger partial charge in [0.15, 0.2) is 0 Å². The van der Waals surface area contributed by atoms with Gasteiger partial charge in [0, 0.05) is 12.7 Å². The van der Waals surface area contributed by atoms with Crippen molar-refractivity contribution in [3.8, 4) is 16.2 Å². The summed E-state index contributed by atoms with van der Waals surface area (Å²) in [5.74, 6) is 0.925. The van der Waals surface area contributed by atoms with E-state index in [0.29, 0.717) is 0 Å². The van der Waals surface area contributed by atoms with Crippen molar-refractivity contribution in [2.45, 2.75) is 13.5 Å². The van der Waals surface area contributed by atoms with Crippen molar-refractivity contribution in [1.29, 1.82) is 0 Å². The summed E-state index contributed by atoms with van der Waals surface area (Å²) in [7, 11) is 3.62. The van der Waals surface area contributed by atoms with Gasteiger partial charge in [0.05, 0.1) is 12.0 Å². The van der Waals surface area contributed by atoms with Crippen molar-refractivity contribution in [1.82, 2.24) is 10.3 Å². The molecule has 0 aliphatic heterocycles. The van der Waals surface area contributed by atoms with Gasteiger partial charge in [0.25, 0.3) is 0 Å². The molecule has 1 aromatic heterocycles. The zero-order chi connectivity index (χ0) is 12.3. The fourth-order valence-corrected chi connectivity index (χ4v) is 2.63. The maximum absolute atomic E-state index is 5.26. The number of benzene rings is 1. The van der Waals surface area contributed by atoms with E-state index in [1.807, 2.05) is 19.3 Å². The van der Waals surface area contributed by atoms with Gasteiger partial charge in [-0.25, -0.2) is 4.98 Å². The van der Waals surface area contributed by atoms with Crippen molar-refractivity contribution in [3.05, 3.63) is 35.0 Å². The Morgan fingerprint density at radius 1 is 1.41 bits per heavy atom. The molecule has 0 unspecified atom stereocenters. The van der Waals surface area contributed by atoms with E-state index >= 15 is 0 Å². The molecule has 2 rings (SSSR count). The van der Waals surface area contributed by atoms with Gasteiger partial charge in [-0.1, -0.05) is 0 Å². The number of ether oxygens (including phenoxy) is 1. The van der Waals surface area contributed by atoms with Crippen LogP contribution >= 0.6 is 11.3 Å². The first-order valence-electron chi connectivity index (χ1n) is 5.49. The van der Waals surface area contributed by atoms with Gasteiger partial charge < -0.3 is 10.1 Å². The fraction of sp³-hybridized carbons (Fsp3) is 0.308. The molecule has 4 heteroatoms. The maximum Gasteiger partial charge on any atom is 0.121 e. The highest BCUT2D eigenvalue weighted by Gasteiger charge is 2.06. The van der Waals surface area contributed by atoms with Crippen LogP contribution in [0, 0.1) is 6.92 Å². The molecule has 1 heterocycles. The molecule has 0 aliphatic rings. The largest absolute Gasteiger partial charge is 0.496 e. The summed E-state index contributed by atoms with van der Waals surface area (Å²) in [6, 6.07) is 6.21. The van der Waals surface area contributed by atoms with E-state index in [1.165, 1.54) is 10.4 Å². The summed E-state index contributed by atoms with van der Waals surface area (Å²) < 4.78 is 5.26. The van der Waals surface area contributed by atoms with E-state index in [-0.39, 0.29) is 0 Å². The molecule has 1 aromatic carbocycles. The molecular weight excluding hydrogens is 232 g/mol. The summed E-state index contributed by atoms with van der Waals surface area (Å²) in [6.45, 7) is 2.87. The minimum atomic E-state index is 0.819. The third-order valence-corrected chi connectivity index (χ3v) is 3.61. The molecule has 0 aliphatic carbocycles. The first-order valence-corrected chi connectivity index (χ1v) is 6.30. The van der Waals surface area contributed by atoms with Crippen LogP contribution in [0.25, 0.3) is 10.4 Å². The Morgan fingerprint density at radius 3 is 2.88 bits per heavy atom. The van der Waals surface area contributed by atoms with Gasteiger partial charge in [-0.15, -0.1) is 11.3 Å². The summed E-state index contributed by atoms with van der Waals surface area (Å²) >= 11 is 1.72. The maximum atomic E-state index is 5.26. The van der Waals surface area contributed by atoms with Crippen molar-refractivity contribution in [2.75, 3.05) is 14.2 Å². The molecular formula is C13H16N2OS. The molecule has 0 amide bonds. The van der Waals surface area contributed by atoms with E-state index in [9.17, 15) is 0 Å². The minimum absolute atomic E-state index is 0.819. The Morgan fingerprint density at radius 2 is 2.24 bits per heavy atom. The fourth-order valence-electron chi connectivity index (χ4n) is 1.71. The number of rotatable bonds is 4. The van der Waals surface area contributed by atoms with E-state index in [1.54, 1.807) is 18.4 Å². The van der Waals surface area contributed by atoms with Crippen LogP contribution in [-0.4, -0.2) is 19.1 Å². The number of aryl methyl sites for hydroxylation is 1. The van der Waals surface area contributed by atoms with Crippen LogP contribution in [-0.2, 0) is 6.54 Å².